The largest absolute Gasteiger partial charge is 0.379 e. The molecule has 0 radical (unpaired) electrons. The third-order valence-corrected chi connectivity index (χ3v) is 5.37. The molecule has 152 valence electrons. The number of aromatic nitrogens is 3. The van der Waals surface area contributed by atoms with Crippen LogP contribution in [0.25, 0.3) is 0 Å². The van der Waals surface area contributed by atoms with Crippen molar-refractivity contribution in [3.05, 3.63) is 47.8 Å². The first-order valence-electron chi connectivity index (χ1n) is 9.45. The molecule has 0 aliphatic carbocycles. The maximum atomic E-state index is 13.0. The molecule has 3 N–H and O–H groups in total. The number of nitrogens with one attached hydrogen (secondary N) is 1. The van der Waals surface area contributed by atoms with Crippen LogP contribution >= 0.6 is 0 Å². The van der Waals surface area contributed by atoms with Crippen molar-refractivity contribution in [3.63, 3.8) is 0 Å². The van der Waals surface area contributed by atoms with E-state index in [4.69, 9.17) is 10.5 Å². The number of amides is 4. The van der Waals surface area contributed by atoms with Crippen LogP contribution in [0.4, 0.5) is 4.79 Å². The van der Waals surface area contributed by atoms with Crippen molar-refractivity contribution >= 4 is 17.8 Å². The highest BCUT2D eigenvalue weighted by Gasteiger charge is 2.39. The highest BCUT2D eigenvalue weighted by atomic mass is 16.5. The first kappa shape index (κ1) is 19.1. The minimum atomic E-state index is -0.666. The number of imide groups is 1. The number of primary amides is 1. The lowest BCUT2D eigenvalue weighted by Gasteiger charge is -2.33. The van der Waals surface area contributed by atoms with E-state index >= 15 is 0 Å². The first-order valence-corrected chi connectivity index (χ1v) is 9.45. The van der Waals surface area contributed by atoms with Crippen LogP contribution in [-0.2, 0) is 16.0 Å². The molecular weight excluding hydrogens is 376 g/mol. The number of benzene rings is 1. The zero-order valence-corrected chi connectivity index (χ0v) is 15.7. The maximum absolute atomic E-state index is 13.0. The third kappa shape index (κ3) is 3.97. The molecule has 0 spiro atoms. The van der Waals surface area contributed by atoms with E-state index in [9.17, 15) is 14.4 Å². The number of carbonyl (C=O) groups is 3. The Kier molecular flexibility index (Phi) is 5.26. The van der Waals surface area contributed by atoms with Gasteiger partial charge in [-0.1, -0.05) is 35.5 Å². The highest BCUT2D eigenvalue weighted by Crippen LogP contribution is 2.27. The van der Waals surface area contributed by atoms with Crippen LogP contribution in [0.2, 0.25) is 0 Å². The second kappa shape index (κ2) is 8.00. The Hall–Kier alpha value is -3.27. The maximum Gasteiger partial charge on any atom is 0.324 e. The molecule has 10 nitrogen and oxygen atoms in total. The van der Waals surface area contributed by atoms with E-state index in [-0.39, 0.29) is 36.0 Å². The predicted molar refractivity (Wildman–Crippen MR) is 101 cm³/mol. The Morgan fingerprint density at radius 1 is 1.24 bits per heavy atom. The van der Waals surface area contributed by atoms with Crippen molar-refractivity contribution < 1.29 is 19.1 Å². The lowest BCUT2D eigenvalue weighted by atomic mass is 9.95. The first-order chi connectivity index (χ1) is 14.0. The summed E-state index contributed by atoms with van der Waals surface area (Å²) < 4.78 is 7.07. The van der Waals surface area contributed by atoms with E-state index in [2.05, 4.69) is 15.6 Å². The Labute approximate surface area is 167 Å². The van der Waals surface area contributed by atoms with Gasteiger partial charge in [-0.3, -0.25) is 14.5 Å². The van der Waals surface area contributed by atoms with Gasteiger partial charge in [0.25, 0.3) is 5.91 Å². The zero-order chi connectivity index (χ0) is 20.4. The summed E-state index contributed by atoms with van der Waals surface area (Å²) in [6.07, 6.45) is 2.02. The van der Waals surface area contributed by atoms with Gasteiger partial charge in [-0.05, 0) is 12.0 Å². The van der Waals surface area contributed by atoms with Crippen LogP contribution in [0.15, 0.2) is 36.5 Å². The molecule has 4 amide bonds. The minimum absolute atomic E-state index is 0.0605. The van der Waals surface area contributed by atoms with Gasteiger partial charge in [0.2, 0.25) is 5.91 Å². The van der Waals surface area contributed by atoms with Crippen LogP contribution < -0.4 is 11.1 Å². The molecule has 2 aromatic rings. The minimum Gasteiger partial charge on any atom is -0.379 e. The van der Waals surface area contributed by atoms with Crippen molar-refractivity contribution in [1.82, 2.24) is 25.2 Å². The van der Waals surface area contributed by atoms with Gasteiger partial charge in [0.15, 0.2) is 5.69 Å². The molecule has 10 heteroatoms. The molecule has 29 heavy (non-hydrogen) atoms. The van der Waals surface area contributed by atoms with Gasteiger partial charge in [0, 0.05) is 19.0 Å². The molecule has 2 aliphatic heterocycles. The average Bonchev–Trinajstić information content (AvgIpc) is 3.37. The highest BCUT2D eigenvalue weighted by molar-refractivity contribution is 5.98. The summed E-state index contributed by atoms with van der Waals surface area (Å²) in [7, 11) is 0. The van der Waals surface area contributed by atoms with E-state index in [0.29, 0.717) is 26.2 Å². The molecule has 1 aromatic heterocycles. The summed E-state index contributed by atoms with van der Waals surface area (Å²) in [5, 5.41) is 10.5. The van der Waals surface area contributed by atoms with Gasteiger partial charge in [-0.2, -0.15) is 0 Å². The Morgan fingerprint density at radius 3 is 2.76 bits per heavy atom. The van der Waals surface area contributed by atoms with E-state index in [1.54, 1.807) is 0 Å². The van der Waals surface area contributed by atoms with Crippen molar-refractivity contribution in [3.8, 4) is 0 Å². The van der Waals surface area contributed by atoms with Gasteiger partial charge >= 0.3 is 6.03 Å². The number of hydrogen-bond acceptors (Lipinski definition) is 6. The molecule has 2 aliphatic rings. The summed E-state index contributed by atoms with van der Waals surface area (Å²) in [6.45, 7) is 1.24. The Balaban J connectivity index is 1.46. The van der Waals surface area contributed by atoms with Crippen LogP contribution in [0.1, 0.15) is 22.1 Å². The predicted octanol–water partition coefficient (Wildman–Crippen LogP) is -0.0248. The van der Waals surface area contributed by atoms with Crippen LogP contribution in [-0.4, -0.2) is 64.0 Å². The Morgan fingerprint density at radius 2 is 2.03 bits per heavy atom. The van der Waals surface area contributed by atoms with Crippen molar-refractivity contribution in [2.24, 2.45) is 17.6 Å². The smallest absolute Gasteiger partial charge is 0.324 e. The SMILES string of the molecule is NC(=O)c1cn([C@@H]2COC[C@H]2CN2C(=O)NCC(Cc3ccccc3)C2=O)nn1. The van der Waals surface area contributed by atoms with Gasteiger partial charge in [0.1, 0.15) is 0 Å². The number of rotatable bonds is 6. The number of nitrogens with zero attached hydrogens (tertiary/aromatic N) is 4. The second-order valence-corrected chi connectivity index (χ2v) is 7.33. The summed E-state index contributed by atoms with van der Waals surface area (Å²) in [5.74, 6) is -1.34. The van der Waals surface area contributed by atoms with Crippen LogP contribution in [0, 0.1) is 11.8 Å². The third-order valence-electron chi connectivity index (χ3n) is 5.37. The van der Waals surface area contributed by atoms with Gasteiger partial charge in [-0.15, -0.1) is 5.10 Å². The normalized spacial score (nSPS) is 24.6. The molecule has 4 rings (SSSR count). The monoisotopic (exact) mass is 398 g/mol. The van der Waals surface area contributed by atoms with E-state index < -0.39 is 11.9 Å². The summed E-state index contributed by atoms with van der Waals surface area (Å²) >= 11 is 0. The molecule has 2 fully saturated rings. The van der Waals surface area contributed by atoms with Crippen molar-refractivity contribution in [2.45, 2.75) is 12.5 Å². The molecular formula is C19H22N6O4. The summed E-state index contributed by atoms with van der Waals surface area (Å²) in [4.78, 5) is 37.9. The van der Waals surface area contributed by atoms with Gasteiger partial charge in [-0.25, -0.2) is 9.48 Å². The summed E-state index contributed by atoms with van der Waals surface area (Å²) in [6, 6.07) is 9.07. The zero-order valence-electron chi connectivity index (χ0n) is 15.7. The van der Waals surface area contributed by atoms with Crippen molar-refractivity contribution in [1.29, 1.82) is 0 Å². The number of carbonyl (C=O) groups excluding carboxylic acids is 3. The fraction of sp³-hybridized carbons (Fsp3) is 0.421. The van der Waals surface area contributed by atoms with Crippen LogP contribution in [0.5, 0.6) is 0 Å². The quantitative estimate of drug-likeness (QED) is 0.702. The van der Waals surface area contributed by atoms with Gasteiger partial charge < -0.3 is 15.8 Å². The van der Waals surface area contributed by atoms with Crippen LogP contribution in [0.3, 0.4) is 0 Å². The second-order valence-electron chi connectivity index (χ2n) is 7.33. The molecule has 2 saturated heterocycles. The molecule has 0 bridgehead atoms. The fourth-order valence-electron chi connectivity index (χ4n) is 3.78. The molecule has 0 saturated carbocycles. The van der Waals surface area contributed by atoms with E-state index in [0.717, 1.165) is 5.56 Å². The van der Waals surface area contributed by atoms with Gasteiger partial charge in [0.05, 0.1) is 31.4 Å². The average molecular weight is 398 g/mol. The molecule has 3 atom stereocenters. The summed E-state index contributed by atoms with van der Waals surface area (Å²) in [5.41, 5.74) is 6.34. The number of hydrogen-bond donors (Lipinski definition) is 2. The fourth-order valence-corrected chi connectivity index (χ4v) is 3.78. The number of nitrogens with two attached hydrogens (primary N) is 1. The standard InChI is InChI=1S/C19H22N6O4/c20-17(26)15-9-25(23-22-15)16-11-29-10-14(16)8-24-18(27)13(7-21-19(24)28)6-12-4-2-1-3-5-12/h1-5,9,13-14,16H,6-8,10-11H2,(H2,20,26)(H,21,28)/t13?,14-,16-/m1/s1. The molecule has 3 heterocycles. The van der Waals surface area contributed by atoms with Crippen molar-refractivity contribution in [2.75, 3.05) is 26.3 Å². The van der Waals surface area contributed by atoms with E-state index in [1.165, 1.54) is 15.8 Å². The van der Waals surface area contributed by atoms with E-state index in [1.807, 2.05) is 30.3 Å². The molecule has 1 unspecified atom stereocenters. The molecule has 1 aromatic carbocycles. The number of urea groups is 1. The Bertz CT molecular complexity index is 914. The lowest BCUT2D eigenvalue weighted by molar-refractivity contribution is -0.134. The number of ether oxygens (including phenoxy) is 1. The lowest BCUT2D eigenvalue weighted by Crippen LogP contribution is -2.56. The topological polar surface area (TPSA) is 132 Å².